The van der Waals surface area contributed by atoms with E-state index in [4.69, 9.17) is 15.9 Å². The lowest BCUT2D eigenvalue weighted by Gasteiger charge is -2.26. The van der Waals surface area contributed by atoms with Gasteiger partial charge in [0.25, 0.3) is 0 Å². The summed E-state index contributed by atoms with van der Waals surface area (Å²) in [6.45, 7) is 4.94. The molecule has 0 aromatic heterocycles. The Morgan fingerprint density at radius 1 is 1.44 bits per heavy atom. The summed E-state index contributed by atoms with van der Waals surface area (Å²) in [6.07, 6.45) is 2.69. The van der Waals surface area contributed by atoms with Crippen molar-refractivity contribution >= 4 is 11.5 Å². The third-order valence-corrected chi connectivity index (χ3v) is 3.37. The highest BCUT2D eigenvalue weighted by atomic mass is 16.5. The lowest BCUT2D eigenvalue weighted by Crippen LogP contribution is -2.32. The third-order valence-electron chi connectivity index (χ3n) is 3.37. The molecule has 0 radical (unpaired) electrons. The molecule has 1 atom stereocenters. The van der Waals surface area contributed by atoms with E-state index in [0.717, 1.165) is 37.4 Å². The van der Waals surface area contributed by atoms with Crippen molar-refractivity contribution in [3.8, 4) is 0 Å². The van der Waals surface area contributed by atoms with E-state index in [1.807, 2.05) is 24.3 Å². The summed E-state index contributed by atoms with van der Waals surface area (Å²) in [4.78, 5) is 2.31. The Kier molecular flexibility index (Phi) is 4.20. The first kappa shape index (κ1) is 12.9. The Morgan fingerprint density at radius 2 is 2.17 bits per heavy atom. The molecule has 1 unspecified atom stereocenters. The minimum atomic E-state index is 0.115. The van der Waals surface area contributed by atoms with Crippen LogP contribution in [0.3, 0.4) is 0 Å². The number of likely N-dealkylation sites (N-methyl/N-ethyl adjacent to an activating group) is 1. The average molecular weight is 247 g/mol. The molecule has 0 bridgehead atoms. The number of nitrogen functional groups attached to an aromatic ring is 1. The SMILES string of the molecule is CCN(CC1CCCO1)c1ccc(C(=N)N)cc1. The third kappa shape index (κ3) is 3.01. The van der Waals surface area contributed by atoms with Crippen molar-refractivity contribution in [1.29, 1.82) is 5.41 Å². The van der Waals surface area contributed by atoms with E-state index in [0.29, 0.717) is 6.10 Å². The maximum atomic E-state index is 7.38. The molecule has 1 aromatic carbocycles. The second kappa shape index (κ2) is 5.87. The van der Waals surface area contributed by atoms with Crippen LogP contribution < -0.4 is 10.6 Å². The van der Waals surface area contributed by atoms with Crippen LogP contribution in [0.1, 0.15) is 25.3 Å². The number of ether oxygens (including phenoxy) is 1. The van der Waals surface area contributed by atoms with Crippen LogP contribution in [-0.4, -0.2) is 31.6 Å². The number of hydrogen-bond donors (Lipinski definition) is 2. The Balaban J connectivity index is 2.04. The van der Waals surface area contributed by atoms with E-state index in [1.54, 1.807) is 0 Å². The van der Waals surface area contributed by atoms with Gasteiger partial charge >= 0.3 is 0 Å². The van der Waals surface area contributed by atoms with Crippen molar-refractivity contribution in [2.75, 3.05) is 24.6 Å². The van der Waals surface area contributed by atoms with E-state index in [9.17, 15) is 0 Å². The zero-order valence-electron chi connectivity index (χ0n) is 10.9. The quantitative estimate of drug-likeness (QED) is 0.617. The van der Waals surface area contributed by atoms with Crippen molar-refractivity contribution in [2.45, 2.75) is 25.9 Å². The van der Waals surface area contributed by atoms with E-state index >= 15 is 0 Å². The molecule has 0 saturated carbocycles. The highest BCUT2D eigenvalue weighted by molar-refractivity contribution is 5.95. The lowest BCUT2D eigenvalue weighted by molar-refractivity contribution is 0.115. The molecule has 0 aliphatic carbocycles. The van der Waals surface area contributed by atoms with Gasteiger partial charge < -0.3 is 15.4 Å². The molecule has 4 nitrogen and oxygen atoms in total. The van der Waals surface area contributed by atoms with E-state index in [1.165, 1.54) is 6.42 Å². The average Bonchev–Trinajstić information content (AvgIpc) is 2.89. The van der Waals surface area contributed by atoms with Gasteiger partial charge in [-0.1, -0.05) is 0 Å². The molecule has 1 aliphatic heterocycles. The minimum Gasteiger partial charge on any atom is -0.384 e. The standard InChI is InChI=1S/C14H21N3O/c1-2-17(10-13-4-3-9-18-13)12-7-5-11(6-8-12)14(15)16/h5-8,13H,2-4,9-10H2,1H3,(H3,15,16). The fourth-order valence-corrected chi connectivity index (χ4v) is 2.30. The Morgan fingerprint density at radius 3 is 2.67 bits per heavy atom. The Bertz CT molecular complexity index is 396. The molecule has 4 heteroatoms. The largest absolute Gasteiger partial charge is 0.384 e. The van der Waals surface area contributed by atoms with Crippen molar-refractivity contribution in [2.24, 2.45) is 5.73 Å². The number of nitrogens with two attached hydrogens (primary N) is 1. The van der Waals surface area contributed by atoms with Gasteiger partial charge in [-0.2, -0.15) is 0 Å². The van der Waals surface area contributed by atoms with Crippen LogP contribution in [0.2, 0.25) is 0 Å². The van der Waals surface area contributed by atoms with Crippen molar-refractivity contribution in [3.05, 3.63) is 29.8 Å². The van der Waals surface area contributed by atoms with Crippen LogP contribution in [0, 0.1) is 5.41 Å². The van der Waals surface area contributed by atoms with Gasteiger partial charge in [-0.05, 0) is 44.0 Å². The molecule has 98 valence electrons. The molecule has 0 amide bonds. The number of hydrogen-bond acceptors (Lipinski definition) is 3. The summed E-state index contributed by atoms with van der Waals surface area (Å²) in [6, 6.07) is 7.84. The number of benzene rings is 1. The summed E-state index contributed by atoms with van der Waals surface area (Å²) in [5, 5.41) is 7.38. The van der Waals surface area contributed by atoms with Gasteiger partial charge in [0.1, 0.15) is 5.84 Å². The van der Waals surface area contributed by atoms with E-state index < -0.39 is 0 Å². The monoisotopic (exact) mass is 247 g/mol. The summed E-state index contributed by atoms with van der Waals surface area (Å²) in [5.74, 6) is 0.115. The number of nitrogens with zero attached hydrogens (tertiary/aromatic N) is 1. The summed E-state index contributed by atoms with van der Waals surface area (Å²) >= 11 is 0. The maximum absolute atomic E-state index is 7.38. The van der Waals surface area contributed by atoms with Gasteiger partial charge in [0.2, 0.25) is 0 Å². The zero-order valence-corrected chi connectivity index (χ0v) is 10.9. The Labute approximate surface area is 108 Å². The second-order valence-electron chi connectivity index (χ2n) is 4.63. The van der Waals surface area contributed by atoms with Gasteiger partial charge in [-0.15, -0.1) is 0 Å². The van der Waals surface area contributed by atoms with Crippen LogP contribution in [-0.2, 0) is 4.74 Å². The van der Waals surface area contributed by atoms with Crippen LogP contribution in [0.25, 0.3) is 0 Å². The van der Waals surface area contributed by atoms with Gasteiger partial charge in [-0.25, -0.2) is 0 Å². The second-order valence-corrected chi connectivity index (χ2v) is 4.63. The number of nitrogens with one attached hydrogen (secondary N) is 1. The van der Waals surface area contributed by atoms with Crippen LogP contribution in [0.5, 0.6) is 0 Å². The van der Waals surface area contributed by atoms with Gasteiger partial charge in [0.15, 0.2) is 0 Å². The fraction of sp³-hybridized carbons (Fsp3) is 0.500. The van der Waals surface area contributed by atoms with Gasteiger partial charge in [0.05, 0.1) is 6.10 Å². The molecule has 1 aromatic rings. The van der Waals surface area contributed by atoms with Gasteiger partial charge in [-0.3, -0.25) is 5.41 Å². The molecule has 3 N–H and O–H groups in total. The van der Waals surface area contributed by atoms with Crippen molar-refractivity contribution < 1.29 is 4.74 Å². The minimum absolute atomic E-state index is 0.115. The molecular weight excluding hydrogens is 226 g/mol. The topological polar surface area (TPSA) is 62.3 Å². The Hall–Kier alpha value is -1.55. The van der Waals surface area contributed by atoms with Gasteiger partial charge in [0, 0.05) is 30.9 Å². The van der Waals surface area contributed by atoms with E-state index in [2.05, 4.69) is 11.8 Å². The maximum Gasteiger partial charge on any atom is 0.122 e. The zero-order chi connectivity index (χ0) is 13.0. The normalized spacial score (nSPS) is 18.8. The number of amidine groups is 1. The smallest absolute Gasteiger partial charge is 0.122 e. The van der Waals surface area contributed by atoms with Crippen LogP contribution in [0.4, 0.5) is 5.69 Å². The summed E-state index contributed by atoms with van der Waals surface area (Å²) < 4.78 is 5.67. The first-order chi connectivity index (χ1) is 8.70. The molecule has 1 saturated heterocycles. The fourth-order valence-electron chi connectivity index (χ4n) is 2.30. The highest BCUT2D eigenvalue weighted by Crippen LogP contribution is 2.19. The molecular formula is C14H21N3O. The van der Waals surface area contributed by atoms with Crippen molar-refractivity contribution in [3.63, 3.8) is 0 Å². The molecule has 0 spiro atoms. The predicted octanol–water partition coefficient (Wildman–Crippen LogP) is 1.98. The number of rotatable bonds is 5. The lowest BCUT2D eigenvalue weighted by atomic mass is 10.1. The predicted molar refractivity (Wildman–Crippen MR) is 74.3 cm³/mol. The van der Waals surface area contributed by atoms with Crippen LogP contribution >= 0.6 is 0 Å². The molecule has 18 heavy (non-hydrogen) atoms. The summed E-state index contributed by atoms with van der Waals surface area (Å²) in [5.41, 5.74) is 7.39. The number of anilines is 1. The summed E-state index contributed by atoms with van der Waals surface area (Å²) in [7, 11) is 0. The van der Waals surface area contributed by atoms with Crippen molar-refractivity contribution in [1.82, 2.24) is 0 Å². The molecule has 1 aliphatic rings. The highest BCUT2D eigenvalue weighted by Gasteiger charge is 2.18. The molecule has 1 fully saturated rings. The van der Waals surface area contributed by atoms with E-state index in [-0.39, 0.29) is 5.84 Å². The van der Waals surface area contributed by atoms with Crippen LogP contribution in [0.15, 0.2) is 24.3 Å². The first-order valence-corrected chi connectivity index (χ1v) is 6.51. The molecule has 1 heterocycles. The molecule has 2 rings (SSSR count). The first-order valence-electron chi connectivity index (χ1n) is 6.51.